The maximum absolute atomic E-state index is 13.5. The Kier molecular flexibility index (Phi) is 5.64. The van der Waals surface area contributed by atoms with Crippen LogP contribution in [-0.2, 0) is 20.7 Å². The number of nitrogens with one attached hydrogen (secondary N) is 1. The molecule has 1 aromatic carbocycles. The van der Waals surface area contributed by atoms with E-state index in [1.807, 2.05) is 35.4 Å². The van der Waals surface area contributed by atoms with E-state index < -0.39 is 5.60 Å². The minimum Gasteiger partial charge on any atom is -0.459 e. The summed E-state index contributed by atoms with van der Waals surface area (Å²) in [4.78, 5) is 31.8. The van der Waals surface area contributed by atoms with Crippen LogP contribution in [0.15, 0.2) is 30.5 Å². The summed E-state index contributed by atoms with van der Waals surface area (Å²) in [5, 5.41) is 10.6. The standard InChI is InChI=1S/C28H31N3O3.CH5N/c29-14-21-6-19-7-24(19)31(21)25(32)13-27-9-17-5-18(10-27)12-28(11-17,16-27)34-26(33)8-20-15-30-23-4-2-1-3-22(20)23;1-2/h1-4,15,17-19,21,24,30H,5-13,16H2;2H2,1H3. The highest BCUT2D eigenvalue weighted by atomic mass is 16.6. The molecule has 0 radical (unpaired) electrons. The van der Waals surface area contributed by atoms with Crippen LogP contribution < -0.4 is 5.73 Å². The second-order valence-corrected chi connectivity index (χ2v) is 12.1. The lowest BCUT2D eigenvalue weighted by Gasteiger charge is -2.61. The molecule has 1 aromatic heterocycles. The van der Waals surface area contributed by atoms with Crippen molar-refractivity contribution in [2.24, 2.45) is 28.9 Å². The molecule has 8 rings (SSSR count). The minimum atomic E-state index is -0.421. The fourth-order valence-electron chi connectivity index (χ4n) is 8.74. The second-order valence-electron chi connectivity index (χ2n) is 12.1. The van der Waals surface area contributed by atoms with Crippen molar-refractivity contribution in [1.29, 1.82) is 5.26 Å². The van der Waals surface area contributed by atoms with Gasteiger partial charge in [-0.25, -0.2) is 0 Å². The van der Waals surface area contributed by atoms with Crippen LogP contribution in [-0.4, -0.2) is 46.5 Å². The van der Waals surface area contributed by atoms with E-state index in [-0.39, 0.29) is 29.8 Å². The Morgan fingerprint density at radius 2 is 1.89 bits per heavy atom. The maximum atomic E-state index is 13.5. The molecular weight excluding hydrogens is 452 g/mol. The second kappa shape index (κ2) is 8.62. The van der Waals surface area contributed by atoms with Crippen molar-refractivity contribution >= 4 is 22.8 Å². The fraction of sp³-hybridized carbons (Fsp3) is 0.621. The molecule has 36 heavy (non-hydrogen) atoms. The summed E-state index contributed by atoms with van der Waals surface area (Å²) in [6.07, 6.45) is 10.6. The molecule has 4 bridgehead atoms. The van der Waals surface area contributed by atoms with Crippen molar-refractivity contribution in [3.8, 4) is 6.07 Å². The van der Waals surface area contributed by atoms with Crippen LogP contribution in [0.5, 0.6) is 0 Å². The highest BCUT2D eigenvalue weighted by Crippen LogP contribution is 2.64. The number of hydrogen-bond donors (Lipinski definition) is 2. The van der Waals surface area contributed by atoms with Crippen molar-refractivity contribution < 1.29 is 14.3 Å². The number of rotatable bonds is 5. The number of aromatic nitrogens is 1. The summed E-state index contributed by atoms with van der Waals surface area (Å²) in [7, 11) is 1.50. The van der Waals surface area contributed by atoms with E-state index >= 15 is 0 Å². The maximum Gasteiger partial charge on any atom is 0.310 e. The Balaban J connectivity index is 0.00000117. The molecule has 7 heteroatoms. The average Bonchev–Trinajstić information content (AvgIpc) is 3.32. The van der Waals surface area contributed by atoms with E-state index in [0.717, 1.165) is 61.4 Å². The first-order chi connectivity index (χ1) is 17.4. The van der Waals surface area contributed by atoms with E-state index in [1.165, 1.54) is 13.5 Å². The Bertz CT molecular complexity index is 1210. The molecule has 5 saturated carbocycles. The molecule has 1 amide bonds. The first-order valence-corrected chi connectivity index (χ1v) is 13.5. The molecular formula is C29H36N4O3. The van der Waals surface area contributed by atoms with Gasteiger partial charge < -0.3 is 20.4 Å². The summed E-state index contributed by atoms with van der Waals surface area (Å²) >= 11 is 0. The summed E-state index contributed by atoms with van der Waals surface area (Å²) < 4.78 is 6.35. The molecule has 2 aromatic rings. The van der Waals surface area contributed by atoms with E-state index in [2.05, 4.69) is 16.8 Å². The first-order valence-electron chi connectivity index (χ1n) is 13.5. The van der Waals surface area contributed by atoms with Crippen molar-refractivity contribution in [3.63, 3.8) is 0 Å². The number of nitrogens with zero attached hydrogens (tertiary/aromatic N) is 2. The van der Waals surface area contributed by atoms with Crippen molar-refractivity contribution in [2.75, 3.05) is 7.05 Å². The number of amides is 1. The van der Waals surface area contributed by atoms with Gasteiger partial charge in [0, 0.05) is 29.6 Å². The SMILES string of the molecule is CN.N#CC1CC2CC2N1C(=O)CC12CC3CC(C1)CC(OC(=O)Cc1c[nH]c4ccccc14)(C3)C2. The number of ether oxygens (including phenoxy) is 1. The van der Waals surface area contributed by atoms with Gasteiger partial charge in [-0.3, -0.25) is 9.59 Å². The predicted octanol–water partition coefficient (Wildman–Crippen LogP) is 4.07. The third-order valence-corrected chi connectivity index (χ3v) is 9.54. The lowest BCUT2D eigenvalue weighted by molar-refractivity contribution is -0.202. The average molecular weight is 489 g/mol. The van der Waals surface area contributed by atoms with Crippen molar-refractivity contribution in [3.05, 3.63) is 36.0 Å². The number of carbonyl (C=O) groups is 2. The molecule has 7 nitrogen and oxygen atoms in total. The number of nitrogens with two attached hydrogens (primary N) is 1. The van der Waals surface area contributed by atoms with Gasteiger partial charge in [0.2, 0.25) is 5.91 Å². The molecule has 2 heterocycles. The number of esters is 1. The molecule has 1 aliphatic heterocycles. The lowest BCUT2D eigenvalue weighted by atomic mass is 9.47. The van der Waals surface area contributed by atoms with E-state index in [1.54, 1.807) is 0 Å². The number of likely N-dealkylation sites (tertiary alicyclic amines) is 1. The number of benzene rings is 1. The summed E-state index contributed by atoms with van der Waals surface area (Å²) in [5.74, 6) is 1.63. The van der Waals surface area contributed by atoms with Crippen molar-refractivity contribution in [1.82, 2.24) is 9.88 Å². The van der Waals surface area contributed by atoms with E-state index in [9.17, 15) is 14.9 Å². The number of fused-ring (bicyclic) bond motifs is 2. The van der Waals surface area contributed by atoms with Gasteiger partial charge in [-0.1, -0.05) is 18.2 Å². The normalized spacial score (nSPS) is 37.1. The zero-order valence-electron chi connectivity index (χ0n) is 21.0. The molecule has 6 fully saturated rings. The molecule has 5 aliphatic carbocycles. The fourth-order valence-corrected chi connectivity index (χ4v) is 8.74. The van der Waals surface area contributed by atoms with Gasteiger partial charge in [-0.05, 0) is 93.2 Å². The van der Waals surface area contributed by atoms with E-state index in [0.29, 0.717) is 30.2 Å². The lowest BCUT2D eigenvalue weighted by Crippen LogP contribution is -2.58. The van der Waals surface area contributed by atoms with Gasteiger partial charge in [-0.2, -0.15) is 5.26 Å². The zero-order valence-corrected chi connectivity index (χ0v) is 21.0. The van der Waals surface area contributed by atoms with Crippen LogP contribution in [0.25, 0.3) is 10.9 Å². The van der Waals surface area contributed by atoms with Gasteiger partial charge in [0.15, 0.2) is 0 Å². The smallest absolute Gasteiger partial charge is 0.310 e. The van der Waals surface area contributed by atoms with Gasteiger partial charge in [0.1, 0.15) is 11.6 Å². The zero-order chi connectivity index (χ0) is 25.1. The molecule has 5 unspecified atom stereocenters. The van der Waals surface area contributed by atoms with Crippen molar-refractivity contribution in [2.45, 2.75) is 81.9 Å². The third kappa shape index (κ3) is 3.91. The van der Waals surface area contributed by atoms with Gasteiger partial charge in [0.05, 0.1) is 12.5 Å². The molecule has 6 aliphatic rings. The van der Waals surface area contributed by atoms with E-state index in [4.69, 9.17) is 4.74 Å². The number of piperidine rings is 1. The molecule has 190 valence electrons. The molecule has 0 spiro atoms. The Morgan fingerprint density at radius 1 is 1.14 bits per heavy atom. The topological polar surface area (TPSA) is 112 Å². The highest BCUT2D eigenvalue weighted by Gasteiger charge is 2.61. The summed E-state index contributed by atoms with van der Waals surface area (Å²) in [6, 6.07) is 10.5. The quantitative estimate of drug-likeness (QED) is 0.616. The first kappa shape index (κ1) is 23.5. The predicted molar refractivity (Wildman–Crippen MR) is 135 cm³/mol. The Labute approximate surface area is 212 Å². The molecule has 1 saturated heterocycles. The summed E-state index contributed by atoms with van der Waals surface area (Å²) in [6.45, 7) is 0. The van der Waals surface area contributed by atoms with Gasteiger partial charge >= 0.3 is 5.97 Å². The number of hydrogen-bond acceptors (Lipinski definition) is 5. The minimum absolute atomic E-state index is 0.0742. The van der Waals surface area contributed by atoms with Crippen LogP contribution in [0.1, 0.15) is 63.4 Å². The number of para-hydroxylation sites is 1. The number of carbonyl (C=O) groups excluding carboxylic acids is 2. The number of H-pyrrole nitrogens is 1. The largest absolute Gasteiger partial charge is 0.459 e. The van der Waals surface area contributed by atoms with Crippen LogP contribution in [0.4, 0.5) is 0 Å². The molecule has 5 atom stereocenters. The molecule has 3 N–H and O–H groups in total. The van der Waals surface area contributed by atoms with Crippen LogP contribution in [0.3, 0.4) is 0 Å². The monoisotopic (exact) mass is 488 g/mol. The summed E-state index contributed by atoms with van der Waals surface area (Å²) in [5.41, 5.74) is 6.02. The Morgan fingerprint density at radius 3 is 2.64 bits per heavy atom. The Hall–Kier alpha value is -2.85. The number of nitriles is 1. The highest BCUT2D eigenvalue weighted by molar-refractivity contribution is 5.87. The third-order valence-electron chi connectivity index (χ3n) is 9.54. The van der Waals surface area contributed by atoms with Gasteiger partial charge in [-0.15, -0.1) is 0 Å². The number of aromatic amines is 1. The van der Waals surface area contributed by atoms with Crippen LogP contribution in [0.2, 0.25) is 0 Å². The van der Waals surface area contributed by atoms with Crippen LogP contribution >= 0.6 is 0 Å². The van der Waals surface area contributed by atoms with Gasteiger partial charge in [0.25, 0.3) is 0 Å². The van der Waals surface area contributed by atoms with Crippen LogP contribution in [0, 0.1) is 34.5 Å².